The van der Waals surface area contributed by atoms with Gasteiger partial charge in [0.25, 0.3) is 0 Å². The van der Waals surface area contributed by atoms with Crippen LogP contribution in [0.5, 0.6) is 0 Å². The smallest absolute Gasteiger partial charge is 0.229 e. The van der Waals surface area contributed by atoms with E-state index >= 15 is 0 Å². The molecule has 0 radical (unpaired) electrons. The summed E-state index contributed by atoms with van der Waals surface area (Å²) in [6, 6.07) is 9.50. The lowest BCUT2D eigenvalue weighted by molar-refractivity contribution is -0.121. The van der Waals surface area contributed by atoms with Gasteiger partial charge in [0.1, 0.15) is 0 Å². The van der Waals surface area contributed by atoms with E-state index in [1.165, 1.54) is 0 Å². The standard InChI is InChI=1S/C14H18N2O2/c1-2-6-13(17)15-11-9-14(18)16(10-11)12-7-4-3-5-8-12/h3-5,7-8,11H,2,6,9-10H2,1H3,(H,15,17)/t11-/m1/s1. The molecule has 1 aromatic carbocycles. The third-order valence-electron chi connectivity index (χ3n) is 3.04. The van der Waals surface area contributed by atoms with E-state index in [4.69, 9.17) is 0 Å². The van der Waals surface area contributed by atoms with Gasteiger partial charge in [0.15, 0.2) is 0 Å². The Bertz CT molecular complexity index is 431. The first-order valence-electron chi connectivity index (χ1n) is 6.35. The quantitative estimate of drug-likeness (QED) is 0.879. The fraction of sp³-hybridized carbons (Fsp3) is 0.429. The summed E-state index contributed by atoms with van der Waals surface area (Å²) in [5, 5.41) is 2.91. The fourth-order valence-electron chi connectivity index (χ4n) is 2.19. The lowest BCUT2D eigenvalue weighted by Crippen LogP contribution is -2.36. The van der Waals surface area contributed by atoms with Crippen LogP contribution >= 0.6 is 0 Å². The number of carbonyl (C=O) groups is 2. The monoisotopic (exact) mass is 246 g/mol. The van der Waals surface area contributed by atoms with Crippen LogP contribution in [0.3, 0.4) is 0 Å². The molecule has 1 aliphatic rings. The van der Waals surface area contributed by atoms with Gasteiger partial charge in [-0.25, -0.2) is 0 Å². The van der Waals surface area contributed by atoms with Gasteiger partial charge in [-0.3, -0.25) is 9.59 Å². The second-order valence-corrected chi connectivity index (χ2v) is 4.56. The normalized spacial score (nSPS) is 19.1. The van der Waals surface area contributed by atoms with Crippen LogP contribution in [-0.4, -0.2) is 24.4 Å². The topological polar surface area (TPSA) is 49.4 Å². The zero-order valence-corrected chi connectivity index (χ0v) is 10.6. The Hall–Kier alpha value is -1.84. The molecule has 4 heteroatoms. The van der Waals surface area contributed by atoms with Crippen molar-refractivity contribution in [2.45, 2.75) is 32.2 Å². The molecule has 1 heterocycles. The van der Waals surface area contributed by atoms with Crippen molar-refractivity contribution in [3.05, 3.63) is 30.3 Å². The van der Waals surface area contributed by atoms with Crippen molar-refractivity contribution in [3.8, 4) is 0 Å². The van der Waals surface area contributed by atoms with E-state index in [-0.39, 0.29) is 17.9 Å². The molecule has 1 atom stereocenters. The number of para-hydroxylation sites is 1. The zero-order valence-electron chi connectivity index (χ0n) is 10.6. The first-order chi connectivity index (χ1) is 8.70. The molecule has 0 aromatic heterocycles. The van der Waals surface area contributed by atoms with E-state index in [1.807, 2.05) is 37.3 Å². The first kappa shape index (κ1) is 12.6. The Balaban J connectivity index is 1.97. The number of carbonyl (C=O) groups excluding carboxylic acids is 2. The second kappa shape index (κ2) is 5.67. The van der Waals surface area contributed by atoms with Crippen molar-refractivity contribution < 1.29 is 9.59 Å². The van der Waals surface area contributed by atoms with Gasteiger partial charge in [-0.15, -0.1) is 0 Å². The molecule has 1 saturated heterocycles. The van der Waals surface area contributed by atoms with Gasteiger partial charge in [-0.05, 0) is 18.6 Å². The Morgan fingerprint density at radius 1 is 1.39 bits per heavy atom. The Labute approximate surface area is 107 Å². The maximum Gasteiger partial charge on any atom is 0.229 e. The highest BCUT2D eigenvalue weighted by atomic mass is 16.2. The van der Waals surface area contributed by atoms with Gasteiger partial charge in [-0.1, -0.05) is 25.1 Å². The number of benzene rings is 1. The molecule has 0 unspecified atom stereocenters. The van der Waals surface area contributed by atoms with E-state index in [0.29, 0.717) is 19.4 Å². The summed E-state index contributed by atoms with van der Waals surface area (Å²) in [6.45, 7) is 2.54. The van der Waals surface area contributed by atoms with Crippen molar-refractivity contribution in [2.75, 3.05) is 11.4 Å². The first-order valence-corrected chi connectivity index (χ1v) is 6.35. The molecule has 0 aliphatic carbocycles. The van der Waals surface area contributed by atoms with E-state index in [0.717, 1.165) is 12.1 Å². The van der Waals surface area contributed by atoms with Crippen LogP contribution in [0.1, 0.15) is 26.2 Å². The third-order valence-corrected chi connectivity index (χ3v) is 3.04. The summed E-state index contributed by atoms with van der Waals surface area (Å²) in [4.78, 5) is 25.1. The summed E-state index contributed by atoms with van der Waals surface area (Å²) >= 11 is 0. The number of nitrogens with zero attached hydrogens (tertiary/aromatic N) is 1. The lowest BCUT2D eigenvalue weighted by atomic mass is 10.2. The summed E-state index contributed by atoms with van der Waals surface area (Å²) in [6.07, 6.45) is 1.75. The Morgan fingerprint density at radius 3 is 2.78 bits per heavy atom. The van der Waals surface area contributed by atoms with E-state index in [1.54, 1.807) is 4.90 Å². The molecule has 1 aromatic rings. The number of nitrogens with one attached hydrogen (secondary N) is 1. The van der Waals surface area contributed by atoms with Gasteiger partial charge < -0.3 is 10.2 Å². The zero-order chi connectivity index (χ0) is 13.0. The molecule has 0 saturated carbocycles. The largest absolute Gasteiger partial charge is 0.351 e. The number of rotatable bonds is 4. The number of hydrogen-bond donors (Lipinski definition) is 1. The Kier molecular flexibility index (Phi) is 3.97. The third kappa shape index (κ3) is 2.88. The molecule has 1 aliphatic heterocycles. The number of amides is 2. The number of hydrogen-bond acceptors (Lipinski definition) is 2. The predicted molar refractivity (Wildman–Crippen MR) is 70.3 cm³/mol. The van der Waals surface area contributed by atoms with E-state index < -0.39 is 0 Å². The van der Waals surface area contributed by atoms with Gasteiger partial charge in [0.05, 0.1) is 6.04 Å². The van der Waals surface area contributed by atoms with Gasteiger partial charge in [0, 0.05) is 25.1 Å². The molecular formula is C14H18N2O2. The van der Waals surface area contributed by atoms with Crippen molar-refractivity contribution in [2.24, 2.45) is 0 Å². The second-order valence-electron chi connectivity index (χ2n) is 4.56. The Morgan fingerprint density at radius 2 is 2.11 bits per heavy atom. The molecule has 0 spiro atoms. The van der Waals surface area contributed by atoms with Crippen LogP contribution < -0.4 is 10.2 Å². The molecule has 18 heavy (non-hydrogen) atoms. The van der Waals surface area contributed by atoms with Gasteiger partial charge in [0.2, 0.25) is 11.8 Å². The molecule has 1 fully saturated rings. The molecule has 4 nitrogen and oxygen atoms in total. The molecule has 2 rings (SSSR count). The molecule has 96 valence electrons. The van der Waals surface area contributed by atoms with Crippen LogP contribution in [0.25, 0.3) is 0 Å². The highest BCUT2D eigenvalue weighted by molar-refractivity contribution is 5.96. The summed E-state index contributed by atoms with van der Waals surface area (Å²) in [5.41, 5.74) is 0.898. The summed E-state index contributed by atoms with van der Waals surface area (Å²) in [5.74, 6) is 0.105. The van der Waals surface area contributed by atoms with Crippen LogP contribution in [0.4, 0.5) is 5.69 Å². The van der Waals surface area contributed by atoms with Crippen LogP contribution in [0.15, 0.2) is 30.3 Å². The fourth-order valence-corrected chi connectivity index (χ4v) is 2.19. The summed E-state index contributed by atoms with van der Waals surface area (Å²) in [7, 11) is 0. The number of anilines is 1. The summed E-state index contributed by atoms with van der Waals surface area (Å²) < 4.78 is 0. The minimum atomic E-state index is -0.0586. The highest BCUT2D eigenvalue weighted by Crippen LogP contribution is 2.20. The molecule has 1 N–H and O–H groups in total. The molecule has 2 amide bonds. The minimum Gasteiger partial charge on any atom is -0.351 e. The van der Waals surface area contributed by atoms with Crippen LogP contribution in [0, 0.1) is 0 Å². The van der Waals surface area contributed by atoms with Crippen molar-refractivity contribution in [1.82, 2.24) is 5.32 Å². The van der Waals surface area contributed by atoms with Crippen molar-refractivity contribution >= 4 is 17.5 Å². The lowest BCUT2D eigenvalue weighted by Gasteiger charge is -2.17. The van der Waals surface area contributed by atoms with Crippen LogP contribution in [0.2, 0.25) is 0 Å². The van der Waals surface area contributed by atoms with Crippen molar-refractivity contribution in [1.29, 1.82) is 0 Å². The van der Waals surface area contributed by atoms with Gasteiger partial charge >= 0.3 is 0 Å². The van der Waals surface area contributed by atoms with E-state index in [9.17, 15) is 9.59 Å². The average molecular weight is 246 g/mol. The SMILES string of the molecule is CCCC(=O)N[C@@H]1CC(=O)N(c2ccccc2)C1. The van der Waals surface area contributed by atoms with Crippen molar-refractivity contribution in [3.63, 3.8) is 0 Å². The maximum atomic E-state index is 11.9. The highest BCUT2D eigenvalue weighted by Gasteiger charge is 2.31. The van der Waals surface area contributed by atoms with E-state index in [2.05, 4.69) is 5.32 Å². The van der Waals surface area contributed by atoms with Gasteiger partial charge in [-0.2, -0.15) is 0 Å². The van der Waals surface area contributed by atoms with Crippen LogP contribution in [-0.2, 0) is 9.59 Å². The average Bonchev–Trinajstić information content (AvgIpc) is 2.71. The molecule has 0 bridgehead atoms. The maximum absolute atomic E-state index is 11.9. The minimum absolute atomic E-state index is 0.0326. The molecular weight excluding hydrogens is 228 g/mol. The predicted octanol–water partition coefficient (Wildman–Crippen LogP) is 1.71.